The van der Waals surface area contributed by atoms with Gasteiger partial charge in [-0.15, -0.1) is 0 Å². The number of nitrogens with one attached hydrogen (secondary N) is 1. The lowest BCUT2D eigenvalue weighted by Gasteiger charge is -2.42. The van der Waals surface area contributed by atoms with Gasteiger partial charge in [-0.05, 0) is 45.2 Å². The summed E-state index contributed by atoms with van der Waals surface area (Å²) in [6, 6.07) is 1.63. The van der Waals surface area contributed by atoms with Gasteiger partial charge in [-0.1, -0.05) is 26.7 Å². The second-order valence-electron chi connectivity index (χ2n) is 6.93. The van der Waals surface area contributed by atoms with Crippen LogP contribution in [0, 0.1) is 5.92 Å². The van der Waals surface area contributed by atoms with Gasteiger partial charge in [0.05, 0.1) is 0 Å². The SMILES string of the molecule is CCCNCC(C)C(C)N1CCN(C2CCCC2)CC1. The van der Waals surface area contributed by atoms with E-state index in [9.17, 15) is 0 Å². The molecule has 20 heavy (non-hydrogen) atoms. The van der Waals surface area contributed by atoms with Crippen molar-refractivity contribution in [1.29, 1.82) is 0 Å². The van der Waals surface area contributed by atoms with Crippen LogP contribution in [-0.2, 0) is 0 Å². The number of hydrogen-bond donors (Lipinski definition) is 1. The standard InChI is InChI=1S/C17H35N3/c1-4-9-18-14-15(2)16(3)19-10-12-20(13-11-19)17-7-5-6-8-17/h15-18H,4-14H2,1-3H3. The highest BCUT2D eigenvalue weighted by Gasteiger charge is 2.28. The molecule has 0 radical (unpaired) electrons. The lowest BCUT2D eigenvalue weighted by atomic mass is 10.0. The molecule has 1 saturated heterocycles. The van der Waals surface area contributed by atoms with E-state index in [1.807, 2.05) is 0 Å². The predicted molar refractivity (Wildman–Crippen MR) is 87.2 cm³/mol. The molecule has 3 heteroatoms. The third kappa shape index (κ3) is 4.44. The molecule has 1 saturated carbocycles. The van der Waals surface area contributed by atoms with Gasteiger partial charge < -0.3 is 5.32 Å². The molecule has 1 N–H and O–H groups in total. The van der Waals surface area contributed by atoms with Gasteiger partial charge in [-0.2, -0.15) is 0 Å². The fourth-order valence-electron chi connectivity index (χ4n) is 3.82. The van der Waals surface area contributed by atoms with E-state index in [4.69, 9.17) is 0 Å². The molecule has 2 unspecified atom stereocenters. The van der Waals surface area contributed by atoms with Crippen LogP contribution >= 0.6 is 0 Å². The lowest BCUT2D eigenvalue weighted by molar-refractivity contribution is 0.0589. The summed E-state index contributed by atoms with van der Waals surface area (Å²) in [4.78, 5) is 5.47. The predicted octanol–water partition coefficient (Wildman–Crippen LogP) is 2.57. The summed E-state index contributed by atoms with van der Waals surface area (Å²) in [5, 5.41) is 3.57. The molecule has 2 rings (SSSR count). The second kappa shape index (κ2) is 8.35. The van der Waals surface area contributed by atoms with Gasteiger partial charge in [-0.3, -0.25) is 9.80 Å². The van der Waals surface area contributed by atoms with Crippen LogP contribution in [0.25, 0.3) is 0 Å². The average molecular weight is 281 g/mol. The van der Waals surface area contributed by atoms with Gasteiger partial charge in [0.2, 0.25) is 0 Å². The number of nitrogens with zero attached hydrogens (tertiary/aromatic N) is 2. The molecule has 3 nitrogen and oxygen atoms in total. The topological polar surface area (TPSA) is 18.5 Å². The van der Waals surface area contributed by atoms with E-state index in [1.165, 1.54) is 58.3 Å². The summed E-state index contributed by atoms with van der Waals surface area (Å²) >= 11 is 0. The van der Waals surface area contributed by atoms with Crippen LogP contribution in [0.2, 0.25) is 0 Å². The van der Waals surface area contributed by atoms with Crippen LogP contribution in [0.1, 0.15) is 52.9 Å². The van der Waals surface area contributed by atoms with E-state index < -0.39 is 0 Å². The molecule has 0 spiro atoms. The van der Waals surface area contributed by atoms with E-state index in [2.05, 4.69) is 35.9 Å². The van der Waals surface area contributed by atoms with E-state index >= 15 is 0 Å². The van der Waals surface area contributed by atoms with Crippen LogP contribution in [0.5, 0.6) is 0 Å². The zero-order valence-corrected chi connectivity index (χ0v) is 13.9. The Kier molecular flexibility index (Phi) is 6.79. The summed E-state index contributed by atoms with van der Waals surface area (Å²) in [6.45, 7) is 14.5. The Morgan fingerprint density at radius 2 is 1.70 bits per heavy atom. The zero-order chi connectivity index (χ0) is 14.4. The third-order valence-corrected chi connectivity index (χ3v) is 5.48. The Bertz CT molecular complexity index is 255. The van der Waals surface area contributed by atoms with Crippen LogP contribution in [0.15, 0.2) is 0 Å². The molecule has 2 aliphatic rings. The quantitative estimate of drug-likeness (QED) is 0.724. The minimum absolute atomic E-state index is 0.713. The minimum Gasteiger partial charge on any atom is -0.316 e. The highest BCUT2D eigenvalue weighted by Crippen LogP contribution is 2.25. The van der Waals surface area contributed by atoms with E-state index in [-0.39, 0.29) is 0 Å². The van der Waals surface area contributed by atoms with Gasteiger partial charge in [0.1, 0.15) is 0 Å². The normalized spacial score (nSPS) is 25.9. The molecule has 0 aromatic carbocycles. The molecule has 1 heterocycles. The Labute approximate surface area is 126 Å². The number of hydrogen-bond acceptors (Lipinski definition) is 3. The lowest BCUT2D eigenvalue weighted by Crippen LogP contribution is -2.54. The van der Waals surface area contributed by atoms with E-state index in [1.54, 1.807) is 0 Å². The maximum absolute atomic E-state index is 3.57. The Morgan fingerprint density at radius 1 is 1.05 bits per heavy atom. The summed E-state index contributed by atoms with van der Waals surface area (Å²) in [5.74, 6) is 0.750. The average Bonchev–Trinajstić information content (AvgIpc) is 3.01. The largest absolute Gasteiger partial charge is 0.316 e. The maximum Gasteiger partial charge on any atom is 0.0113 e. The van der Waals surface area contributed by atoms with Gasteiger partial charge in [0, 0.05) is 38.3 Å². The zero-order valence-electron chi connectivity index (χ0n) is 13.9. The van der Waals surface area contributed by atoms with Crippen LogP contribution < -0.4 is 5.32 Å². The van der Waals surface area contributed by atoms with Gasteiger partial charge in [0.25, 0.3) is 0 Å². The first-order valence-electron chi connectivity index (χ1n) is 8.91. The first kappa shape index (κ1) is 16.3. The first-order chi connectivity index (χ1) is 9.72. The first-order valence-corrected chi connectivity index (χ1v) is 8.91. The maximum atomic E-state index is 3.57. The van der Waals surface area contributed by atoms with Gasteiger partial charge in [0.15, 0.2) is 0 Å². The molecule has 1 aliphatic carbocycles. The third-order valence-electron chi connectivity index (χ3n) is 5.48. The fraction of sp³-hybridized carbons (Fsp3) is 1.00. The van der Waals surface area contributed by atoms with Gasteiger partial charge in [-0.25, -0.2) is 0 Å². The van der Waals surface area contributed by atoms with Crippen molar-refractivity contribution >= 4 is 0 Å². The van der Waals surface area contributed by atoms with Crippen molar-refractivity contribution in [3.63, 3.8) is 0 Å². The van der Waals surface area contributed by atoms with Crippen molar-refractivity contribution in [2.45, 2.75) is 65.0 Å². The molecule has 2 atom stereocenters. The highest BCUT2D eigenvalue weighted by molar-refractivity contribution is 4.85. The summed E-state index contributed by atoms with van der Waals surface area (Å²) < 4.78 is 0. The van der Waals surface area contributed by atoms with Crippen molar-refractivity contribution in [3.05, 3.63) is 0 Å². The molecule has 0 aromatic heterocycles. The second-order valence-corrected chi connectivity index (χ2v) is 6.93. The molecule has 0 amide bonds. The van der Waals surface area contributed by atoms with E-state index in [0.717, 1.165) is 25.0 Å². The monoisotopic (exact) mass is 281 g/mol. The Hall–Kier alpha value is -0.120. The fourth-order valence-corrected chi connectivity index (χ4v) is 3.82. The molecular weight excluding hydrogens is 246 g/mol. The summed E-state index contributed by atoms with van der Waals surface area (Å²) in [6.07, 6.45) is 7.06. The van der Waals surface area contributed by atoms with Crippen molar-refractivity contribution in [1.82, 2.24) is 15.1 Å². The molecule has 1 aliphatic heterocycles. The molecule has 2 fully saturated rings. The summed E-state index contributed by atoms with van der Waals surface area (Å²) in [5.41, 5.74) is 0. The van der Waals surface area contributed by atoms with Crippen LogP contribution in [-0.4, -0.2) is 61.2 Å². The van der Waals surface area contributed by atoms with Crippen molar-refractivity contribution in [2.24, 2.45) is 5.92 Å². The van der Waals surface area contributed by atoms with Crippen molar-refractivity contribution in [3.8, 4) is 0 Å². The molecular formula is C17H35N3. The number of piperazine rings is 1. The molecule has 118 valence electrons. The Morgan fingerprint density at radius 3 is 2.30 bits per heavy atom. The van der Waals surface area contributed by atoms with Crippen molar-refractivity contribution in [2.75, 3.05) is 39.3 Å². The summed E-state index contributed by atoms with van der Waals surface area (Å²) in [7, 11) is 0. The van der Waals surface area contributed by atoms with Crippen LogP contribution in [0.3, 0.4) is 0 Å². The van der Waals surface area contributed by atoms with Gasteiger partial charge >= 0.3 is 0 Å². The highest BCUT2D eigenvalue weighted by atomic mass is 15.3. The Balaban J connectivity index is 1.69. The van der Waals surface area contributed by atoms with E-state index in [0.29, 0.717) is 6.04 Å². The minimum atomic E-state index is 0.713. The molecule has 0 aromatic rings. The van der Waals surface area contributed by atoms with Crippen LogP contribution in [0.4, 0.5) is 0 Å². The number of rotatable bonds is 7. The molecule has 0 bridgehead atoms. The van der Waals surface area contributed by atoms with Crippen molar-refractivity contribution < 1.29 is 0 Å². The smallest absolute Gasteiger partial charge is 0.0113 e.